The summed E-state index contributed by atoms with van der Waals surface area (Å²) in [6.45, 7) is 6.38. The molecule has 96 valence electrons. The lowest BCUT2D eigenvalue weighted by Crippen LogP contribution is -2.43. The Morgan fingerprint density at radius 2 is 2.00 bits per heavy atom. The number of nitrogens with zero attached hydrogens (tertiary/aromatic N) is 1. The molecule has 2 atom stereocenters. The van der Waals surface area contributed by atoms with E-state index < -0.39 is 5.41 Å². The molecule has 1 aliphatic carbocycles. The van der Waals surface area contributed by atoms with Gasteiger partial charge in [-0.15, -0.1) is 0 Å². The number of hydrogen-bond donors (Lipinski definition) is 1. The first-order valence-corrected chi connectivity index (χ1v) is 6.76. The van der Waals surface area contributed by atoms with Crippen LogP contribution in [0.3, 0.4) is 0 Å². The Balaban J connectivity index is 2.51. The molecule has 1 fully saturated rings. The lowest BCUT2D eigenvalue weighted by molar-refractivity contribution is -0.128. The summed E-state index contributed by atoms with van der Waals surface area (Å²) in [6.07, 6.45) is 5.57. The maximum absolute atomic E-state index is 12.1. The third kappa shape index (κ3) is 3.46. The van der Waals surface area contributed by atoms with E-state index in [1.165, 1.54) is 0 Å². The second-order valence-electron chi connectivity index (χ2n) is 5.52. The molecular formula is C14H24N2O. The zero-order valence-corrected chi connectivity index (χ0v) is 11.3. The SMILES string of the molecule is CCC(C)CC(C)NC(=O)C1(C#N)CCCC1. The number of hydrogen-bond acceptors (Lipinski definition) is 2. The standard InChI is InChI=1S/C14H24N2O/c1-4-11(2)9-12(3)16-13(17)14(10-15)7-5-6-8-14/h11-12H,4-9H2,1-3H3,(H,16,17). The molecule has 1 aliphatic rings. The molecule has 0 aromatic heterocycles. The van der Waals surface area contributed by atoms with Gasteiger partial charge in [-0.1, -0.05) is 33.1 Å². The number of rotatable bonds is 5. The first kappa shape index (κ1) is 14.0. The van der Waals surface area contributed by atoms with Crippen LogP contribution in [0.1, 0.15) is 59.3 Å². The largest absolute Gasteiger partial charge is 0.352 e. The third-order valence-electron chi connectivity index (χ3n) is 3.94. The Morgan fingerprint density at radius 3 is 2.47 bits per heavy atom. The van der Waals surface area contributed by atoms with Gasteiger partial charge in [-0.3, -0.25) is 4.79 Å². The van der Waals surface area contributed by atoms with Gasteiger partial charge in [0.2, 0.25) is 5.91 Å². The van der Waals surface area contributed by atoms with Gasteiger partial charge in [0.25, 0.3) is 0 Å². The van der Waals surface area contributed by atoms with Gasteiger partial charge in [0.15, 0.2) is 0 Å². The molecule has 0 aliphatic heterocycles. The highest BCUT2D eigenvalue weighted by Gasteiger charge is 2.41. The van der Waals surface area contributed by atoms with E-state index in [9.17, 15) is 10.1 Å². The number of nitrogens with one attached hydrogen (secondary N) is 1. The zero-order chi connectivity index (χ0) is 12.9. The van der Waals surface area contributed by atoms with Crippen molar-refractivity contribution in [2.24, 2.45) is 11.3 Å². The molecule has 1 amide bonds. The van der Waals surface area contributed by atoms with E-state index in [1.807, 2.05) is 6.92 Å². The number of carbonyl (C=O) groups excluding carboxylic acids is 1. The summed E-state index contributed by atoms with van der Waals surface area (Å²) in [5, 5.41) is 12.2. The van der Waals surface area contributed by atoms with E-state index >= 15 is 0 Å². The Bertz CT molecular complexity index is 300. The van der Waals surface area contributed by atoms with Crippen molar-refractivity contribution in [2.45, 2.75) is 65.3 Å². The summed E-state index contributed by atoms with van der Waals surface area (Å²) < 4.78 is 0. The van der Waals surface area contributed by atoms with Gasteiger partial charge < -0.3 is 5.32 Å². The van der Waals surface area contributed by atoms with Gasteiger partial charge in [0, 0.05) is 6.04 Å². The van der Waals surface area contributed by atoms with Crippen LogP contribution in [0, 0.1) is 22.7 Å². The maximum atomic E-state index is 12.1. The van der Waals surface area contributed by atoms with Crippen molar-refractivity contribution in [1.82, 2.24) is 5.32 Å². The maximum Gasteiger partial charge on any atom is 0.240 e. The predicted molar refractivity (Wildman–Crippen MR) is 68.2 cm³/mol. The lowest BCUT2D eigenvalue weighted by Gasteiger charge is -2.24. The second kappa shape index (κ2) is 6.05. The van der Waals surface area contributed by atoms with Crippen LogP contribution in [0.15, 0.2) is 0 Å². The van der Waals surface area contributed by atoms with Crippen LogP contribution in [0.2, 0.25) is 0 Å². The molecule has 0 spiro atoms. The molecule has 0 bridgehead atoms. The van der Waals surface area contributed by atoms with Gasteiger partial charge >= 0.3 is 0 Å². The van der Waals surface area contributed by atoms with Gasteiger partial charge in [-0.2, -0.15) is 5.26 Å². The fourth-order valence-electron chi connectivity index (χ4n) is 2.56. The van der Waals surface area contributed by atoms with Crippen LogP contribution in [-0.2, 0) is 4.79 Å². The molecule has 3 nitrogen and oxygen atoms in total. The van der Waals surface area contributed by atoms with Crippen LogP contribution in [0.5, 0.6) is 0 Å². The van der Waals surface area contributed by atoms with Crippen LogP contribution in [0.4, 0.5) is 0 Å². The molecule has 2 unspecified atom stereocenters. The van der Waals surface area contributed by atoms with Gasteiger partial charge in [-0.25, -0.2) is 0 Å². The fraction of sp³-hybridized carbons (Fsp3) is 0.857. The number of amides is 1. The van der Waals surface area contributed by atoms with Gasteiger partial charge in [-0.05, 0) is 32.1 Å². The van der Waals surface area contributed by atoms with Gasteiger partial charge in [0.05, 0.1) is 6.07 Å². The van der Waals surface area contributed by atoms with E-state index in [4.69, 9.17) is 0 Å². The first-order chi connectivity index (χ1) is 8.04. The second-order valence-corrected chi connectivity index (χ2v) is 5.52. The van der Waals surface area contributed by atoms with E-state index in [2.05, 4.69) is 25.2 Å². The fourth-order valence-corrected chi connectivity index (χ4v) is 2.56. The highest BCUT2D eigenvalue weighted by Crippen LogP contribution is 2.37. The minimum atomic E-state index is -0.732. The minimum Gasteiger partial charge on any atom is -0.352 e. The van der Waals surface area contributed by atoms with Crippen molar-refractivity contribution in [1.29, 1.82) is 5.26 Å². The monoisotopic (exact) mass is 236 g/mol. The van der Waals surface area contributed by atoms with E-state index in [1.54, 1.807) is 0 Å². The highest BCUT2D eigenvalue weighted by molar-refractivity contribution is 5.85. The van der Waals surface area contributed by atoms with Crippen molar-refractivity contribution < 1.29 is 4.79 Å². The summed E-state index contributed by atoms with van der Waals surface area (Å²) in [5.41, 5.74) is -0.732. The van der Waals surface area contributed by atoms with Crippen LogP contribution < -0.4 is 5.32 Å². The Labute approximate surface area is 105 Å². The molecule has 3 heteroatoms. The average molecular weight is 236 g/mol. The Hall–Kier alpha value is -1.04. The molecule has 17 heavy (non-hydrogen) atoms. The Morgan fingerprint density at radius 1 is 1.41 bits per heavy atom. The average Bonchev–Trinajstić information content (AvgIpc) is 2.78. The molecule has 0 aromatic carbocycles. The van der Waals surface area contributed by atoms with Crippen LogP contribution in [-0.4, -0.2) is 11.9 Å². The molecular weight excluding hydrogens is 212 g/mol. The van der Waals surface area contributed by atoms with Crippen LogP contribution >= 0.6 is 0 Å². The summed E-state index contributed by atoms with van der Waals surface area (Å²) >= 11 is 0. The molecule has 1 saturated carbocycles. The molecule has 0 saturated heterocycles. The third-order valence-corrected chi connectivity index (χ3v) is 3.94. The molecule has 0 heterocycles. The normalized spacial score (nSPS) is 21.5. The van der Waals surface area contributed by atoms with E-state index in [0.29, 0.717) is 5.92 Å². The summed E-state index contributed by atoms with van der Waals surface area (Å²) in [4.78, 5) is 12.1. The quantitative estimate of drug-likeness (QED) is 0.797. The van der Waals surface area contributed by atoms with Crippen molar-refractivity contribution in [2.75, 3.05) is 0 Å². The van der Waals surface area contributed by atoms with Crippen molar-refractivity contribution in [3.63, 3.8) is 0 Å². The predicted octanol–water partition coefficient (Wildman–Crippen LogP) is 3.01. The van der Waals surface area contributed by atoms with Crippen molar-refractivity contribution in [3.05, 3.63) is 0 Å². The molecule has 0 radical (unpaired) electrons. The first-order valence-electron chi connectivity index (χ1n) is 6.76. The summed E-state index contributed by atoms with van der Waals surface area (Å²) in [7, 11) is 0. The van der Waals surface area contributed by atoms with E-state index in [-0.39, 0.29) is 11.9 Å². The van der Waals surface area contributed by atoms with E-state index in [0.717, 1.165) is 38.5 Å². The summed E-state index contributed by atoms with van der Waals surface area (Å²) in [5.74, 6) is 0.570. The smallest absolute Gasteiger partial charge is 0.240 e. The molecule has 1 N–H and O–H groups in total. The van der Waals surface area contributed by atoms with Crippen LogP contribution in [0.25, 0.3) is 0 Å². The Kier molecular flexibility index (Phi) is 4.99. The summed E-state index contributed by atoms with van der Waals surface area (Å²) in [6, 6.07) is 2.41. The van der Waals surface area contributed by atoms with Gasteiger partial charge in [0.1, 0.15) is 5.41 Å². The minimum absolute atomic E-state index is 0.0479. The van der Waals surface area contributed by atoms with Crippen molar-refractivity contribution in [3.8, 4) is 6.07 Å². The zero-order valence-electron chi connectivity index (χ0n) is 11.3. The lowest BCUT2D eigenvalue weighted by atomic mass is 9.86. The topological polar surface area (TPSA) is 52.9 Å². The molecule has 1 rings (SSSR count). The number of carbonyl (C=O) groups is 1. The highest BCUT2D eigenvalue weighted by atomic mass is 16.2. The molecule has 0 aromatic rings. The number of nitriles is 1. The van der Waals surface area contributed by atoms with Crippen molar-refractivity contribution >= 4 is 5.91 Å².